The fourth-order valence-corrected chi connectivity index (χ4v) is 11.9. The summed E-state index contributed by atoms with van der Waals surface area (Å²) in [5.74, 6) is 0.320. The first-order valence-electron chi connectivity index (χ1n) is 22.5. The number of aryl methyl sites for hydroxylation is 2. The van der Waals surface area contributed by atoms with Gasteiger partial charge in [0.15, 0.2) is 0 Å². The van der Waals surface area contributed by atoms with Crippen molar-refractivity contribution in [1.82, 2.24) is 9.44 Å². The normalized spacial score (nSPS) is 30.3. The summed E-state index contributed by atoms with van der Waals surface area (Å²) >= 11 is 0.767. The first-order chi connectivity index (χ1) is 31.1. The number of nitrogens with zero attached hydrogens (tertiary/aromatic N) is 2. The third-order valence-corrected chi connectivity index (χ3v) is 16.3. The van der Waals surface area contributed by atoms with Crippen LogP contribution in [0.25, 0.3) is 0 Å². The third kappa shape index (κ3) is 14.1. The Balaban J connectivity index is 1.12. The van der Waals surface area contributed by atoms with Crippen molar-refractivity contribution >= 4 is 43.5 Å². The molecule has 0 bridgehead atoms. The molecule has 0 radical (unpaired) electrons. The molecule has 0 unspecified atom stereocenters. The lowest BCUT2D eigenvalue weighted by atomic mass is 9.96. The number of nitrogens with one attached hydrogen (secondary N) is 2. The van der Waals surface area contributed by atoms with Crippen LogP contribution in [0, 0.1) is 13.8 Å². The van der Waals surface area contributed by atoms with E-state index in [0.717, 1.165) is 87.1 Å². The summed E-state index contributed by atoms with van der Waals surface area (Å²) in [5, 5.41) is 65.9. The molecule has 2 aromatic rings. The van der Waals surface area contributed by atoms with Gasteiger partial charge in [-0.15, -0.1) is 0 Å². The number of rotatable bonds is 18. The minimum absolute atomic E-state index is 0.0278. The minimum Gasteiger partial charge on any atom is -0.394 e. The molecule has 18 nitrogen and oxygen atoms in total. The Bertz CT molecular complexity index is 1940. The molecule has 2 saturated carbocycles. The fourth-order valence-electron chi connectivity index (χ4n) is 8.45. The van der Waals surface area contributed by atoms with Gasteiger partial charge in [-0.3, -0.25) is 19.4 Å². The number of benzene rings is 2. The summed E-state index contributed by atoms with van der Waals surface area (Å²) < 4.78 is 82.6. The second-order valence-electron chi connectivity index (χ2n) is 17.3. The third-order valence-electron chi connectivity index (χ3n) is 12.2. The number of ether oxygens (including phenoxy) is 4. The van der Waals surface area contributed by atoms with Gasteiger partial charge in [-0.25, -0.2) is 16.8 Å². The molecule has 0 amide bonds. The lowest BCUT2D eigenvalue weighted by Crippen LogP contribution is -2.61. The number of sulfonamides is 2. The lowest BCUT2D eigenvalue weighted by Gasteiger charge is -2.46. The molecule has 6 rings (SSSR count). The fraction of sp³-hybridized carbons (Fsp3) is 0.682. The molecule has 2 aliphatic heterocycles. The molecule has 65 heavy (non-hydrogen) atoms. The molecular weight excluding hydrogens is 905 g/mol. The number of hydrogen-bond donors (Lipinski definition) is 8. The van der Waals surface area contributed by atoms with E-state index >= 15 is 0 Å². The lowest BCUT2D eigenvalue weighted by molar-refractivity contribution is -0.228. The van der Waals surface area contributed by atoms with Crippen molar-refractivity contribution in [3.8, 4) is 0 Å². The molecular formula is C44H66N4O14S3. The maximum absolute atomic E-state index is 13.4. The van der Waals surface area contributed by atoms with Crippen LogP contribution in [0.2, 0.25) is 0 Å². The van der Waals surface area contributed by atoms with Crippen LogP contribution in [-0.4, -0.2) is 157 Å². The van der Waals surface area contributed by atoms with Gasteiger partial charge in [-0.2, -0.15) is 0 Å². The van der Waals surface area contributed by atoms with E-state index in [0.29, 0.717) is 0 Å². The van der Waals surface area contributed by atoms with Crippen LogP contribution in [0.5, 0.6) is 0 Å². The van der Waals surface area contributed by atoms with Gasteiger partial charge in [-0.05, 0) is 63.8 Å². The summed E-state index contributed by atoms with van der Waals surface area (Å²) in [6.07, 6.45) is -2.33. The number of amidine groups is 2. The van der Waals surface area contributed by atoms with Gasteiger partial charge in [0, 0.05) is 12.8 Å². The minimum atomic E-state index is -4.01. The number of aliphatic hydroxyl groups is 6. The summed E-state index contributed by atoms with van der Waals surface area (Å²) in [5.41, 5.74) is -0.800. The summed E-state index contributed by atoms with van der Waals surface area (Å²) in [6.45, 7) is 1.96. The molecule has 364 valence electrons. The molecule has 2 saturated heterocycles. The maximum atomic E-state index is 13.4. The van der Waals surface area contributed by atoms with Crippen LogP contribution >= 0.6 is 11.8 Å². The number of aliphatic imine (C=N–C) groups is 2. The zero-order valence-electron chi connectivity index (χ0n) is 36.9. The standard InChI is InChI=1S/C44H66N4O14S3/c1-27-13-17-31(18-14-27)64(55,56)47-35(45-29-9-5-3-6-10-29)21-23-59-41-37(51)33(25-49)61-43(39(41)53)63-44-40(54)42(38(52)34(26-50)62-44)60-24-22-36(46-30-11-7-4-8-12-30)48-65(57,58)32-19-15-28(2)16-20-32/h13-20,29-30,33-34,37-44,49-54H,3-12,21-26H2,1-2H3,(H,45,47)(H,46,48)/t33-,34-,37+,38+,39-,40-,41+,42+,43+,44+/m1/s1. The highest BCUT2D eigenvalue weighted by molar-refractivity contribution is 8.00. The predicted molar refractivity (Wildman–Crippen MR) is 243 cm³/mol. The topological polar surface area (TPSA) is 275 Å². The molecule has 4 fully saturated rings. The second kappa shape index (κ2) is 24.0. The Hall–Kier alpha value is -2.77. The average molecular weight is 971 g/mol. The van der Waals surface area contributed by atoms with Gasteiger partial charge >= 0.3 is 0 Å². The van der Waals surface area contributed by atoms with Gasteiger partial charge in [0.2, 0.25) is 0 Å². The monoisotopic (exact) mass is 970 g/mol. The van der Waals surface area contributed by atoms with Gasteiger partial charge in [0.05, 0.1) is 48.3 Å². The number of hydrogen-bond acceptors (Lipinski definition) is 17. The summed E-state index contributed by atoms with van der Waals surface area (Å²) in [6, 6.07) is 12.6. The Morgan fingerprint density at radius 3 is 1.29 bits per heavy atom. The van der Waals surface area contributed by atoms with Crippen LogP contribution in [0.4, 0.5) is 0 Å². The summed E-state index contributed by atoms with van der Waals surface area (Å²) in [7, 11) is -8.01. The van der Waals surface area contributed by atoms with E-state index in [2.05, 4.69) is 9.44 Å². The van der Waals surface area contributed by atoms with Crippen LogP contribution in [0.1, 0.15) is 88.2 Å². The van der Waals surface area contributed by atoms with Crippen LogP contribution in [0.15, 0.2) is 68.3 Å². The van der Waals surface area contributed by atoms with Gasteiger partial charge < -0.3 is 49.6 Å². The van der Waals surface area contributed by atoms with Gasteiger partial charge in [0.25, 0.3) is 20.0 Å². The zero-order valence-corrected chi connectivity index (χ0v) is 39.4. The molecule has 2 heterocycles. The van der Waals surface area contributed by atoms with E-state index in [1.807, 2.05) is 13.8 Å². The maximum Gasteiger partial charge on any atom is 0.262 e. The highest BCUT2D eigenvalue weighted by Crippen LogP contribution is 2.38. The van der Waals surface area contributed by atoms with Crippen molar-refractivity contribution in [2.45, 2.75) is 172 Å². The van der Waals surface area contributed by atoms with Crippen molar-refractivity contribution in [3.63, 3.8) is 0 Å². The first kappa shape index (κ1) is 51.6. The van der Waals surface area contributed by atoms with E-state index in [1.165, 1.54) is 24.3 Å². The smallest absolute Gasteiger partial charge is 0.262 e. The van der Waals surface area contributed by atoms with Gasteiger partial charge in [-0.1, -0.05) is 85.7 Å². The van der Waals surface area contributed by atoms with Crippen molar-refractivity contribution < 1.29 is 66.4 Å². The van der Waals surface area contributed by atoms with E-state index in [1.54, 1.807) is 24.3 Å². The highest BCUT2D eigenvalue weighted by atomic mass is 32.2. The Kier molecular flexibility index (Phi) is 19.0. The second-order valence-corrected chi connectivity index (χ2v) is 21.9. The molecule has 4 aliphatic rings. The Labute approximate surface area is 386 Å². The van der Waals surface area contributed by atoms with E-state index in [-0.39, 0.29) is 59.6 Å². The number of aliphatic hydroxyl groups excluding tert-OH is 6. The average Bonchev–Trinajstić information content (AvgIpc) is 3.28. The number of thioether (sulfide) groups is 1. The van der Waals surface area contributed by atoms with E-state index in [9.17, 15) is 47.5 Å². The molecule has 2 aromatic carbocycles. The van der Waals surface area contributed by atoms with Crippen LogP contribution < -0.4 is 9.44 Å². The van der Waals surface area contributed by atoms with E-state index < -0.39 is 93.0 Å². The van der Waals surface area contributed by atoms with Crippen molar-refractivity contribution in [2.75, 3.05) is 26.4 Å². The van der Waals surface area contributed by atoms with Gasteiger partial charge in [0.1, 0.15) is 71.4 Å². The highest BCUT2D eigenvalue weighted by Gasteiger charge is 2.51. The quantitative estimate of drug-likeness (QED) is 0.0786. The van der Waals surface area contributed by atoms with Crippen molar-refractivity contribution in [3.05, 3.63) is 59.7 Å². The molecule has 2 aliphatic carbocycles. The van der Waals surface area contributed by atoms with Crippen LogP contribution in [-0.2, 0) is 39.0 Å². The Morgan fingerprint density at radius 2 is 0.954 bits per heavy atom. The van der Waals surface area contributed by atoms with Crippen molar-refractivity contribution in [2.24, 2.45) is 9.98 Å². The molecule has 0 spiro atoms. The molecule has 0 aromatic heterocycles. The van der Waals surface area contributed by atoms with E-state index in [4.69, 9.17) is 28.9 Å². The SMILES string of the molecule is Cc1ccc(S(=O)(=O)NC(CCO[C@H]2[C@@H](O)[C@@H](CO)O[C@@H](S[C@@H]3O[C@H](CO)[C@H](O)[C@H](OCCC(=NC4CCCCC4)NS(=O)(=O)c4ccc(C)cc4)[C@H]3O)[C@@H]2O)=NC2CCCCC2)cc1. The van der Waals surface area contributed by atoms with Crippen LogP contribution in [0.3, 0.4) is 0 Å². The largest absolute Gasteiger partial charge is 0.394 e. The molecule has 8 N–H and O–H groups in total. The summed E-state index contributed by atoms with van der Waals surface area (Å²) in [4.78, 5) is 9.63. The Morgan fingerprint density at radius 1 is 0.600 bits per heavy atom. The molecule has 10 atom stereocenters. The molecule has 21 heteroatoms. The first-order valence-corrected chi connectivity index (χ1v) is 26.5. The predicted octanol–water partition coefficient (Wildman–Crippen LogP) is 2.18. The van der Waals surface area contributed by atoms with Crippen molar-refractivity contribution in [1.29, 1.82) is 0 Å². The zero-order chi connectivity index (χ0) is 46.7.